The molecule has 5 heteroatoms. The number of aromatic carboxylic acids is 1. The fourth-order valence-corrected chi connectivity index (χ4v) is 1.51. The third-order valence-electron chi connectivity index (χ3n) is 2.41. The molecule has 2 N–H and O–H groups in total. The van der Waals surface area contributed by atoms with Gasteiger partial charge in [-0.05, 0) is 30.2 Å². The average molecular weight is 263 g/mol. The third kappa shape index (κ3) is 5.25. The molecule has 0 spiro atoms. The Labute approximate surface area is 111 Å². The van der Waals surface area contributed by atoms with E-state index in [-0.39, 0.29) is 11.5 Å². The van der Waals surface area contributed by atoms with Gasteiger partial charge in [0.25, 0.3) is 0 Å². The van der Waals surface area contributed by atoms with Crippen LogP contribution in [0, 0.1) is 0 Å². The maximum atomic E-state index is 10.9. The number of carboxylic acids is 1. The van der Waals surface area contributed by atoms with Gasteiger partial charge in [-0.3, -0.25) is 4.79 Å². The van der Waals surface area contributed by atoms with Gasteiger partial charge in [-0.15, -0.1) is 0 Å². The highest BCUT2D eigenvalue weighted by atomic mass is 16.5. The highest BCUT2D eigenvalue weighted by Gasteiger charge is 2.05. The van der Waals surface area contributed by atoms with Gasteiger partial charge in [-0.1, -0.05) is 12.2 Å². The van der Waals surface area contributed by atoms with E-state index in [1.807, 2.05) is 6.08 Å². The number of benzene rings is 1. The van der Waals surface area contributed by atoms with Gasteiger partial charge in [0.05, 0.1) is 12.7 Å². The van der Waals surface area contributed by atoms with Gasteiger partial charge in [0, 0.05) is 13.5 Å². The summed E-state index contributed by atoms with van der Waals surface area (Å²) in [6, 6.07) is 4.79. The largest absolute Gasteiger partial charge is 0.497 e. The molecule has 1 rings (SSSR count). The molecule has 1 aromatic rings. The number of ether oxygens (including phenoxy) is 1. The summed E-state index contributed by atoms with van der Waals surface area (Å²) >= 11 is 0. The van der Waals surface area contributed by atoms with Gasteiger partial charge in [-0.2, -0.15) is 0 Å². The van der Waals surface area contributed by atoms with Crippen LogP contribution in [0.3, 0.4) is 0 Å². The molecule has 102 valence electrons. The monoisotopic (exact) mass is 263 g/mol. The first-order valence-corrected chi connectivity index (χ1v) is 5.86. The molecule has 0 unspecified atom stereocenters. The van der Waals surface area contributed by atoms with E-state index in [9.17, 15) is 9.59 Å². The minimum absolute atomic E-state index is 0.0667. The van der Waals surface area contributed by atoms with E-state index in [0.717, 1.165) is 5.56 Å². The van der Waals surface area contributed by atoms with Crippen molar-refractivity contribution in [2.24, 2.45) is 0 Å². The van der Waals surface area contributed by atoms with E-state index in [1.165, 1.54) is 20.1 Å². The van der Waals surface area contributed by atoms with E-state index < -0.39 is 5.97 Å². The molecule has 0 aromatic heterocycles. The Balaban J connectivity index is 2.71. The second-order valence-electron chi connectivity index (χ2n) is 3.97. The van der Waals surface area contributed by atoms with Crippen LogP contribution < -0.4 is 10.1 Å². The Morgan fingerprint density at radius 1 is 1.37 bits per heavy atom. The molecule has 0 saturated heterocycles. The number of carboxylic acid groups (broad SMARTS) is 1. The van der Waals surface area contributed by atoms with E-state index in [0.29, 0.717) is 18.7 Å². The molecule has 0 aliphatic heterocycles. The van der Waals surface area contributed by atoms with Gasteiger partial charge in [0.1, 0.15) is 5.75 Å². The van der Waals surface area contributed by atoms with Gasteiger partial charge in [0.2, 0.25) is 5.91 Å². The number of amides is 1. The first-order chi connectivity index (χ1) is 9.02. The van der Waals surface area contributed by atoms with Crippen molar-refractivity contribution >= 4 is 18.0 Å². The predicted molar refractivity (Wildman–Crippen MR) is 72.3 cm³/mol. The van der Waals surface area contributed by atoms with Crippen molar-refractivity contribution in [3.8, 4) is 5.75 Å². The zero-order valence-electron chi connectivity index (χ0n) is 11.0. The van der Waals surface area contributed by atoms with E-state index in [4.69, 9.17) is 9.84 Å². The van der Waals surface area contributed by atoms with Crippen LogP contribution >= 0.6 is 0 Å². The van der Waals surface area contributed by atoms with Crippen LogP contribution in [-0.4, -0.2) is 30.6 Å². The Hall–Kier alpha value is -2.30. The number of hydrogen-bond acceptors (Lipinski definition) is 3. The Morgan fingerprint density at radius 3 is 2.68 bits per heavy atom. The lowest BCUT2D eigenvalue weighted by molar-refractivity contribution is -0.118. The van der Waals surface area contributed by atoms with E-state index in [1.54, 1.807) is 18.2 Å². The van der Waals surface area contributed by atoms with Crippen LogP contribution in [0.4, 0.5) is 0 Å². The molecule has 0 radical (unpaired) electrons. The summed E-state index contributed by atoms with van der Waals surface area (Å²) in [6.07, 6.45) is 4.35. The number of rotatable bonds is 6. The van der Waals surface area contributed by atoms with Crippen molar-refractivity contribution in [3.05, 3.63) is 35.4 Å². The fraction of sp³-hybridized carbons (Fsp3) is 0.286. The van der Waals surface area contributed by atoms with Crippen LogP contribution in [-0.2, 0) is 4.79 Å². The lowest BCUT2D eigenvalue weighted by Crippen LogP contribution is -2.20. The van der Waals surface area contributed by atoms with Crippen molar-refractivity contribution < 1.29 is 19.4 Å². The van der Waals surface area contributed by atoms with Crippen LogP contribution in [0.15, 0.2) is 24.3 Å². The molecule has 0 heterocycles. The predicted octanol–water partition coefficient (Wildman–Crippen LogP) is 1.93. The standard InChI is InChI=1S/C14H17NO4/c1-10(16)15-6-4-3-5-11-7-12(14(17)18)9-13(8-11)19-2/h3,5,7-9H,4,6H2,1-2H3,(H,15,16)(H,17,18). The van der Waals surface area contributed by atoms with Crippen LogP contribution in [0.2, 0.25) is 0 Å². The van der Waals surface area contributed by atoms with Gasteiger partial charge in [-0.25, -0.2) is 4.79 Å². The summed E-state index contributed by atoms with van der Waals surface area (Å²) in [6.45, 7) is 2.02. The summed E-state index contributed by atoms with van der Waals surface area (Å²) < 4.78 is 5.05. The maximum Gasteiger partial charge on any atom is 0.335 e. The van der Waals surface area contributed by atoms with Crippen LogP contribution in [0.25, 0.3) is 6.08 Å². The Kier molecular flexibility index (Phi) is 5.60. The lowest BCUT2D eigenvalue weighted by atomic mass is 10.1. The lowest BCUT2D eigenvalue weighted by Gasteiger charge is -2.04. The molecule has 0 aliphatic rings. The Bertz CT molecular complexity index is 494. The number of methoxy groups -OCH3 is 1. The van der Waals surface area contributed by atoms with Crippen molar-refractivity contribution in [2.45, 2.75) is 13.3 Å². The highest BCUT2D eigenvalue weighted by molar-refractivity contribution is 5.89. The van der Waals surface area contributed by atoms with E-state index in [2.05, 4.69) is 5.32 Å². The first-order valence-electron chi connectivity index (χ1n) is 5.86. The summed E-state index contributed by atoms with van der Waals surface area (Å²) in [5, 5.41) is 11.6. The van der Waals surface area contributed by atoms with Crippen LogP contribution in [0.1, 0.15) is 29.3 Å². The van der Waals surface area contributed by atoms with Gasteiger partial charge < -0.3 is 15.2 Å². The molecular weight excluding hydrogens is 246 g/mol. The average Bonchev–Trinajstić information content (AvgIpc) is 2.37. The highest BCUT2D eigenvalue weighted by Crippen LogP contribution is 2.18. The van der Waals surface area contributed by atoms with Crippen molar-refractivity contribution in [2.75, 3.05) is 13.7 Å². The molecule has 19 heavy (non-hydrogen) atoms. The molecule has 1 aromatic carbocycles. The molecule has 0 aliphatic carbocycles. The zero-order chi connectivity index (χ0) is 14.3. The minimum atomic E-state index is -0.994. The van der Waals surface area contributed by atoms with E-state index >= 15 is 0 Å². The third-order valence-corrected chi connectivity index (χ3v) is 2.41. The molecule has 0 atom stereocenters. The summed E-state index contributed by atoms with van der Waals surface area (Å²) in [5.74, 6) is -0.559. The molecule has 0 bridgehead atoms. The smallest absolute Gasteiger partial charge is 0.335 e. The molecular formula is C14H17NO4. The molecule has 1 amide bonds. The van der Waals surface area contributed by atoms with Crippen molar-refractivity contribution in [1.82, 2.24) is 5.32 Å². The molecule has 0 saturated carbocycles. The molecule has 0 fully saturated rings. The minimum Gasteiger partial charge on any atom is -0.497 e. The number of nitrogens with one attached hydrogen (secondary N) is 1. The van der Waals surface area contributed by atoms with Gasteiger partial charge >= 0.3 is 5.97 Å². The summed E-state index contributed by atoms with van der Waals surface area (Å²) in [7, 11) is 1.49. The fourth-order valence-electron chi connectivity index (χ4n) is 1.51. The molecule has 5 nitrogen and oxygen atoms in total. The van der Waals surface area contributed by atoms with Gasteiger partial charge in [0.15, 0.2) is 0 Å². The normalized spacial score (nSPS) is 10.4. The summed E-state index contributed by atoms with van der Waals surface area (Å²) in [4.78, 5) is 21.6. The topological polar surface area (TPSA) is 75.6 Å². The number of hydrogen-bond donors (Lipinski definition) is 2. The quantitative estimate of drug-likeness (QED) is 0.769. The van der Waals surface area contributed by atoms with Crippen molar-refractivity contribution in [1.29, 1.82) is 0 Å². The van der Waals surface area contributed by atoms with Crippen LogP contribution in [0.5, 0.6) is 5.75 Å². The second kappa shape index (κ2) is 7.20. The summed E-state index contributed by atoms with van der Waals surface area (Å²) in [5.41, 5.74) is 0.931. The number of carbonyl (C=O) groups is 2. The number of carbonyl (C=O) groups excluding carboxylic acids is 1. The Morgan fingerprint density at radius 2 is 2.11 bits per heavy atom. The SMILES string of the molecule is COc1cc(C=CCCNC(C)=O)cc(C(=O)O)c1. The zero-order valence-corrected chi connectivity index (χ0v) is 11.0. The first kappa shape index (κ1) is 14.8. The second-order valence-corrected chi connectivity index (χ2v) is 3.97. The van der Waals surface area contributed by atoms with Crippen molar-refractivity contribution in [3.63, 3.8) is 0 Å². The maximum absolute atomic E-state index is 10.9.